The van der Waals surface area contributed by atoms with E-state index in [1.54, 1.807) is 11.8 Å². The van der Waals surface area contributed by atoms with E-state index in [2.05, 4.69) is 15.3 Å². The summed E-state index contributed by atoms with van der Waals surface area (Å²) >= 11 is 0. The lowest BCUT2D eigenvalue weighted by atomic mass is 10.1. The van der Waals surface area contributed by atoms with Gasteiger partial charge < -0.3 is 19.9 Å². The number of anilines is 1. The summed E-state index contributed by atoms with van der Waals surface area (Å²) in [5.74, 6) is 1.28. The molecule has 28 heavy (non-hydrogen) atoms. The molecule has 2 heterocycles. The molecule has 0 saturated heterocycles. The van der Waals surface area contributed by atoms with Crippen LogP contribution in [-0.2, 0) is 16.0 Å². The van der Waals surface area contributed by atoms with Crippen LogP contribution in [-0.4, -0.2) is 41.0 Å². The summed E-state index contributed by atoms with van der Waals surface area (Å²) in [7, 11) is 0. The minimum atomic E-state index is -0.550. The van der Waals surface area contributed by atoms with Gasteiger partial charge in [-0.25, -0.2) is 4.98 Å². The van der Waals surface area contributed by atoms with Crippen LogP contribution in [0.15, 0.2) is 48.5 Å². The third kappa shape index (κ3) is 3.69. The molecule has 1 aliphatic rings. The van der Waals surface area contributed by atoms with Gasteiger partial charge in [0.1, 0.15) is 11.6 Å². The number of H-pyrrole nitrogens is 1. The first kappa shape index (κ1) is 18.0. The Morgan fingerprint density at radius 3 is 2.86 bits per heavy atom. The predicted octanol–water partition coefficient (Wildman–Crippen LogP) is 2.43. The number of aromatic amines is 1. The van der Waals surface area contributed by atoms with Crippen molar-refractivity contribution >= 4 is 28.5 Å². The molecule has 2 aromatic carbocycles. The Morgan fingerprint density at radius 1 is 1.21 bits per heavy atom. The van der Waals surface area contributed by atoms with Crippen LogP contribution in [0.25, 0.3) is 11.0 Å². The van der Waals surface area contributed by atoms with Gasteiger partial charge in [-0.15, -0.1) is 0 Å². The van der Waals surface area contributed by atoms with Gasteiger partial charge in [-0.2, -0.15) is 0 Å². The molecule has 2 N–H and O–H groups in total. The van der Waals surface area contributed by atoms with Gasteiger partial charge >= 0.3 is 0 Å². The van der Waals surface area contributed by atoms with E-state index in [0.717, 1.165) is 16.9 Å². The van der Waals surface area contributed by atoms with Crippen LogP contribution in [0, 0.1) is 0 Å². The number of ether oxygens (including phenoxy) is 1. The minimum Gasteiger partial charge on any atom is -0.479 e. The summed E-state index contributed by atoms with van der Waals surface area (Å²) in [6.07, 6.45) is 0.301. The SMILES string of the molecule is CC1Oc2ccccc2N(CCC(=O)NCCc2nc3ccccc3[nH]2)C1=O. The van der Waals surface area contributed by atoms with Crippen LogP contribution in [0.4, 0.5) is 5.69 Å². The first-order valence-electron chi connectivity index (χ1n) is 9.39. The summed E-state index contributed by atoms with van der Waals surface area (Å²) < 4.78 is 5.62. The van der Waals surface area contributed by atoms with E-state index in [-0.39, 0.29) is 18.2 Å². The molecule has 0 saturated carbocycles. The molecular formula is C21H22N4O3. The van der Waals surface area contributed by atoms with Crippen molar-refractivity contribution in [3.8, 4) is 5.75 Å². The molecule has 0 spiro atoms. The van der Waals surface area contributed by atoms with Gasteiger partial charge in [0, 0.05) is 25.9 Å². The number of para-hydroxylation sites is 4. The monoisotopic (exact) mass is 378 g/mol. The summed E-state index contributed by atoms with van der Waals surface area (Å²) in [6.45, 7) is 2.53. The number of nitrogens with one attached hydrogen (secondary N) is 2. The molecule has 0 radical (unpaired) electrons. The second-order valence-electron chi connectivity index (χ2n) is 6.77. The van der Waals surface area contributed by atoms with E-state index < -0.39 is 6.10 Å². The number of benzene rings is 2. The van der Waals surface area contributed by atoms with Crippen LogP contribution >= 0.6 is 0 Å². The van der Waals surface area contributed by atoms with Gasteiger partial charge in [-0.1, -0.05) is 24.3 Å². The highest BCUT2D eigenvalue weighted by atomic mass is 16.5. The number of rotatable bonds is 6. The van der Waals surface area contributed by atoms with E-state index >= 15 is 0 Å². The molecule has 144 valence electrons. The third-order valence-corrected chi connectivity index (χ3v) is 4.76. The number of aromatic nitrogens is 2. The average Bonchev–Trinajstić information content (AvgIpc) is 3.11. The van der Waals surface area contributed by atoms with Gasteiger partial charge in [-0.3, -0.25) is 9.59 Å². The number of carbonyl (C=O) groups excluding carboxylic acids is 2. The second kappa shape index (κ2) is 7.72. The van der Waals surface area contributed by atoms with Crippen molar-refractivity contribution in [2.45, 2.75) is 25.9 Å². The molecule has 1 unspecified atom stereocenters. The number of carbonyl (C=O) groups is 2. The summed E-state index contributed by atoms with van der Waals surface area (Å²) in [5.41, 5.74) is 2.62. The van der Waals surface area contributed by atoms with E-state index in [4.69, 9.17) is 4.74 Å². The van der Waals surface area contributed by atoms with Gasteiger partial charge in [0.2, 0.25) is 5.91 Å². The lowest BCUT2D eigenvalue weighted by Gasteiger charge is -2.32. The molecule has 7 heteroatoms. The molecule has 0 bridgehead atoms. The maximum Gasteiger partial charge on any atom is 0.267 e. The predicted molar refractivity (Wildman–Crippen MR) is 106 cm³/mol. The van der Waals surface area contributed by atoms with Crippen LogP contribution < -0.4 is 15.0 Å². The lowest BCUT2D eigenvalue weighted by molar-refractivity contribution is -0.125. The molecule has 1 aromatic heterocycles. The number of hydrogen-bond donors (Lipinski definition) is 2. The fraction of sp³-hybridized carbons (Fsp3) is 0.286. The van der Waals surface area contributed by atoms with Crippen LogP contribution in [0.3, 0.4) is 0 Å². The molecule has 2 amide bonds. The summed E-state index contributed by atoms with van der Waals surface area (Å²) in [4.78, 5) is 34.1. The molecule has 0 fully saturated rings. The Hall–Kier alpha value is -3.35. The fourth-order valence-electron chi connectivity index (χ4n) is 3.34. The number of imidazole rings is 1. The fourth-order valence-corrected chi connectivity index (χ4v) is 3.34. The molecule has 1 aliphatic heterocycles. The maximum absolute atomic E-state index is 12.4. The first-order chi connectivity index (χ1) is 13.6. The quantitative estimate of drug-likeness (QED) is 0.690. The van der Waals surface area contributed by atoms with Crippen molar-refractivity contribution in [3.63, 3.8) is 0 Å². The van der Waals surface area contributed by atoms with Crippen molar-refractivity contribution in [2.24, 2.45) is 0 Å². The zero-order chi connectivity index (χ0) is 19.5. The number of amides is 2. The molecule has 0 aliphatic carbocycles. The number of hydrogen-bond acceptors (Lipinski definition) is 4. The van der Waals surface area contributed by atoms with E-state index in [1.807, 2.05) is 48.5 Å². The molecule has 4 rings (SSSR count). The van der Waals surface area contributed by atoms with Crippen molar-refractivity contribution in [3.05, 3.63) is 54.4 Å². The molecule has 1 atom stereocenters. The minimum absolute atomic E-state index is 0.0967. The van der Waals surface area contributed by atoms with Crippen molar-refractivity contribution < 1.29 is 14.3 Å². The maximum atomic E-state index is 12.4. The normalized spacial score (nSPS) is 16.0. The Bertz CT molecular complexity index is 981. The highest BCUT2D eigenvalue weighted by Gasteiger charge is 2.31. The van der Waals surface area contributed by atoms with E-state index in [0.29, 0.717) is 30.9 Å². The van der Waals surface area contributed by atoms with Crippen LogP contribution in [0.5, 0.6) is 5.75 Å². The Labute approximate surface area is 162 Å². The Morgan fingerprint density at radius 2 is 2.00 bits per heavy atom. The van der Waals surface area contributed by atoms with Crippen molar-refractivity contribution in [1.29, 1.82) is 0 Å². The zero-order valence-electron chi connectivity index (χ0n) is 15.6. The molecule has 7 nitrogen and oxygen atoms in total. The van der Waals surface area contributed by atoms with Crippen molar-refractivity contribution in [1.82, 2.24) is 15.3 Å². The highest BCUT2D eigenvalue weighted by Crippen LogP contribution is 2.33. The van der Waals surface area contributed by atoms with Crippen LogP contribution in [0.1, 0.15) is 19.2 Å². The van der Waals surface area contributed by atoms with Gasteiger partial charge in [0.25, 0.3) is 5.91 Å². The Balaban J connectivity index is 1.30. The van der Waals surface area contributed by atoms with Gasteiger partial charge in [-0.05, 0) is 31.2 Å². The zero-order valence-corrected chi connectivity index (χ0v) is 15.6. The van der Waals surface area contributed by atoms with E-state index in [9.17, 15) is 9.59 Å². The highest BCUT2D eigenvalue weighted by molar-refractivity contribution is 6.00. The molecule has 3 aromatic rings. The van der Waals surface area contributed by atoms with Gasteiger partial charge in [0.05, 0.1) is 16.7 Å². The Kier molecular flexibility index (Phi) is 4.97. The average molecular weight is 378 g/mol. The first-order valence-corrected chi connectivity index (χ1v) is 9.39. The summed E-state index contributed by atoms with van der Waals surface area (Å²) in [6, 6.07) is 15.2. The number of nitrogens with zero attached hydrogens (tertiary/aromatic N) is 2. The standard InChI is InChI=1S/C21H22N4O3/c1-14-21(27)25(17-8-4-5-9-18(17)28-14)13-11-20(26)22-12-10-19-23-15-6-2-3-7-16(15)24-19/h2-9,14H,10-13H2,1H3,(H,22,26)(H,23,24). The smallest absolute Gasteiger partial charge is 0.267 e. The van der Waals surface area contributed by atoms with Gasteiger partial charge in [0.15, 0.2) is 6.10 Å². The van der Waals surface area contributed by atoms with Crippen molar-refractivity contribution in [2.75, 3.05) is 18.0 Å². The number of fused-ring (bicyclic) bond motifs is 2. The second-order valence-corrected chi connectivity index (χ2v) is 6.77. The van der Waals surface area contributed by atoms with E-state index in [1.165, 1.54) is 0 Å². The van der Waals surface area contributed by atoms with Crippen LogP contribution in [0.2, 0.25) is 0 Å². The summed E-state index contributed by atoms with van der Waals surface area (Å²) in [5, 5.41) is 2.90. The lowest BCUT2D eigenvalue weighted by Crippen LogP contribution is -2.45. The topological polar surface area (TPSA) is 87.3 Å². The third-order valence-electron chi connectivity index (χ3n) is 4.76. The largest absolute Gasteiger partial charge is 0.479 e. The molecular weight excluding hydrogens is 356 g/mol.